The zero-order valence-corrected chi connectivity index (χ0v) is 19.6. The van der Waals surface area contributed by atoms with Crippen LogP contribution >= 0.6 is 11.9 Å². The average molecular weight is 510 g/mol. The smallest absolute Gasteiger partial charge is 0.416 e. The predicted octanol–water partition coefficient (Wildman–Crippen LogP) is 6.79. The number of hydrogen-bond donors (Lipinski definition) is 1. The van der Waals surface area contributed by atoms with Crippen molar-refractivity contribution in [3.8, 4) is 22.6 Å². The Kier molecular flexibility index (Phi) is 6.19. The Balaban J connectivity index is 1.54. The van der Waals surface area contributed by atoms with Crippen molar-refractivity contribution in [2.45, 2.75) is 11.1 Å². The molecule has 1 N–H and O–H groups in total. The van der Waals surface area contributed by atoms with Gasteiger partial charge in [-0.05, 0) is 77.0 Å². The number of ether oxygens (including phenoxy) is 1. The summed E-state index contributed by atoms with van der Waals surface area (Å²) in [6, 6.07) is 20.5. The molecule has 0 saturated heterocycles. The van der Waals surface area contributed by atoms with Crippen LogP contribution in [0.1, 0.15) is 5.56 Å². The summed E-state index contributed by atoms with van der Waals surface area (Å²) < 4.78 is 54.5. The summed E-state index contributed by atoms with van der Waals surface area (Å²) in [6.45, 7) is 0. The number of rotatable bonds is 6. The molecule has 2 heterocycles. The first-order chi connectivity index (χ1) is 17.3. The Morgan fingerprint density at radius 2 is 1.81 bits per heavy atom. The van der Waals surface area contributed by atoms with Crippen LogP contribution < -0.4 is 15.0 Å². The number of nitrogens with zero attached hydrogens (tertiary/aromatic N) is 2. The molecule has 0 aliphatic carbocycles. The molecule has 0 amide bonds. The molecule has 0 unspecified atom stereocenters. The summed E-state index contributed by atoms with van der Waals surface area (Å²) in [4.78, 5) is 13.8. The molecule has 36 heavy (non-hydrogen) atoms. The fraction of sp³-hybridized carbons (Fsp3) is 0.0769. The number of pyridine rings is 1. The van der Waals surface area contributed by atoms with E-state index in [-0.39, 0.29) is 5.56 Å². The Morgan fingerprint density at radius 3 is 2.56 bits per heavy atom. The number of alkyl halides is 3. The number of nitrogens with one attached hydrogen (secondary N) is 1. The maximum Gasteiger partial charge on any atom is 0.416 e. The van der Waals surface area contributed by atoms with Gasteiger partial charge in [0.15, 0.2) is 5.82 Å². The first-order valence-corrected chi connectivity index (χ1v) is 11.5. The lowest BCUT2D eigenvalue weighted by molar-refractivity contribution is -0.137. The highest BCUT2D eigenvalue weighted by atomic mass is 32.2. The fourth-order valence-electron chi connectivity index (χ4n) is 3.83. The van der Waals surface area contributed by atoms with Crippen molar-refractivity contribution in [1.29, 1.82) is 0 Å². The fourth-order valence-corrected chi connectivity index (χ4v) is 4.48. The van der Waals surface area contributed by atoms with Gasteiger partial charge in [0.05, 0.1) is 23.9 Å². The molecule has 0 aliphatic rings. The van der Waals surface area contributed by atoms with Crippen molar-refractivity contribution >= 4 is 28.7 Å². The highest BCUT2D eigenvalue weighted by Crippen LogP contribution is 2.35. The zero-order valence-electron chi connectivity index (χ0n) is 18.7. The van der Waals surface area contributed by atoms with Crippen LogP contribution in [0.25, 0.3) is 27.7 Å². The number of anilines is 1. The maximum atomic E-state index is 13.2. The molecular formula is C26H18F3N3O3S. The van der Waals surface area contributed by atoms with Gasteiger partial charge in [0.25, 0.3) is 5.56 Å². The van der Waals surface area contributed by atoms with Crippen LogP contribution in [0.4, 0.5) is 19.0 Å². The predicted molar refractivity (Wildman–Crippen MR) is 133 cm³/mol. The second-order valence-electron chi connectivity index (χ2n) is 7.78. The second kappa shape index (κ2) is 9.46. The van der Waals surface area contributed by atoms with Gasteiger partial charge < -0.3 is 14.0 Å². The first kappa shape index (κ1) is 23.6. The highest BCUT2D eigenvalue weighted by Gasteiger charge is 2.30. The molecular weight excluding hydrogens is 491 g/mol. The van der Waals surface area contributed by atoms with Crippen LogP contribution in [-0.4, -0.2) is 16.8 Å². The van der Waals surface area contributed by atoms with Gasteiger partial charge in [-0.3, -0.25) is 9.36 Å². The van der Waals surface area contributed by atoms with Crippen LogP contribution in [0.3, 0.4) is 0 Å². The number of aromatic nitrogens is 2. The topological polar surface area (TPSA) is 69.3 Å². The minimum absolute atomic E-state index is 0.270. The van der Waals surface area contributed by atoms with Crippen molar-refractivity contribution in [1.82, 2.24) is 9.72 Å². The monoisotopic (exact) mass is 509 g/mol. The third-order valence-electron chi connectivity index (χ3n) is 5.52. The number of fused-ring (bicyclic) bond motifs is 1. The van der Waals surface area contributed by atoms with Crippen LogP contribution in [0.5, 0.6) is 5.75 Å². The molecule has 0 saturated carbocycles. The first-order valence-electron chi connectivity index (χ1n) is 10.7. The third-order valence-corrected chi connectivity index (χ3v) is 6.32. The minimum atomic E-state index is -4.45. The van der Waals surface area contributed by atoms with Gasteiger partial charge in [0.1, 0.15) is 12.0 Å². The maximum absolute atomic E-state index is 13.2. The second-order valence-corrected chi connectivity index (χ2v) is 8.66. The zero-order chi connectivity index (χ0) is 25.3. The molecule has 5 aromatic rings. The lowest BCUT2D eigenvalue weighted by atomic mass is 10.0. The summed E-state index contributed by atoms with van der Waals surface area (Å²) in [5, 5.41) is 4.61. The quantitative estimate of drug-likeness (QED) is 0.254. The van der Waals surface area contributed by atoms with E-state index >= 15 is 0 Å². The molecule has 0 bridgehead atoms. The highest BCUT2D eigenvalue weighted by molar-refractivity contribution is 8.00. The summed E-state index contributed by atoms with van der Waals surface area (Å²) in [5.74, 6) is 0.932. The Bertz CT molecular complexity index is 1600. The number of benzene rings is 3. The molecule has 0 aliphatic heterocycles. The van der Waals surface area contributed by atoms with E-state index in [1.165, 1.54) is 42.0 Å². The summed E-state index contributed by atoms with van der Waals surface area (Å²) >= 11 is 1.34. The van der Waals surface area contributed by atoms with E-state index in [1.54, 1.807) is 36.4 Å². The number of hydrogen-bond acceptors (Lipinski definition) is 6. The average Bonchev–Trinajstić information content (AvgIpc) is 3.40. The lowest BCUT2D eigenvalue weighted by Gasteiger charge is -2.16. The van der Waals surface area contributed by atoms with Crippen molar-refractivity contribution in [2.24, 2.45) is 0 Å². The van der Waals surface area contributed by atoms with Crippen molar-refractivity contribution in [2.75, 3.05) is 11.8 Å². The van der Waals surface area contributed by atoms with Gasteiger partial charge >= 0.3 is 6.18 Å². The summed E-state index contributed by atoms with van der Waals surface area (Å²) in [7, 11) is 1.45. The molecule has 0 radical (unpaired) electrons. The van der Waals surface area contributed by atoms with E-state index in [4.69, 9.17) is 9.26 Å². The van der Waals surface area contributed by atoms with E-state index in [0.717, 1.165) is 22.4 Å². The minimum Gasteiger partial charge on any atom is -0.495 e. The van der Waals surface area contributed by atoms with E-state index < -0.39 is 11.7 Å². The van der Waals surface area contributed by atoms with Gasteiger partial charge in [-0.15, -0.1) is 0 Å². The van der Waals surface area contributed by atoms with Crippen molar-refractivity contribution in [3.63, 3.8) is 0 Å². The summed E-state index contributed by atoms with van der Waals surface area (Å²) in [5.41, 5.74) is 1.05. The number of methoxy groups -OCH3 is 1. The van der Waals surface area contributed by atoms with Crippen molar-refractivity contribution in [3.05, 3.63) is 101 Å². The van der Waals surface area contributed by atoms with Crippen LogP contribution in [0, 0.1) is 0 Å². The van der Waals surface area contributed by atoms with Gasteiger partial charge in [-0.2, -0.15) is 13.2 Å². The van der Waals surface area contributed by atoms with E-state index in [2.05, 4.69) is 9.88 Å². The molecule has 0 spiro atoms. The Labute approximate surface area is 207 Å². The van der Waals surface area contributed by atoms with Gasteiger partial charge in [-0.25, -0.2) is 0 Å². The van der Waals surface area contributed by atoms with Crippen LogP contribution in [0.2, 0.25) is 0 Å². The van der Waals surface area contributed by atoms with Gasteiger partial charge in [0, 0.05) is 17.0 Å². The Hall–Kier alpha value is -4.18. The number of halogens is 3. The molecule has 2 aromatic heterocycles. The van der Waals surface area contributed by atoms with Gasteiger partial charge in [-0.1, -0.05) is 23.4 Å². The molecule has 10 heteroatoms. The molecule has 5 rings (SSSR count). The van der Waals surface area contributed by atoms with E-state index in [9.17, 15) is 18.0 Å². The third kappa shape index (κ3) is 4.67. The SMILES string of the molecule is COc1cc(-c2cccc(C(F)(F)F)c2)ccc1-n1c(=O)ccc2cc(SNc3ccon3)ccc21. The van der Waals surface area contributed by atoms with Crippen molar-refractivity contribution < 1.29 is 22.4 Å². The van der Waals surface area contributed by atoms with Crippen LogP contribution in [0.15, 0.2) is 99.3 Å². The molecule has 182 valence electrons. The van der Waals surface area contributed by atoms with E-state index in [0.29, 0.717) is 33.9 Å². The largest absolute Gasteiger partial charge is 0.495 e. The molecule has 0 atom stereocenters. The van der Waals surface area contributed by atoms with Crippen LogP contribution in [-0.2, 0) is 6.18 Å². The standard InChI is InChI=1S/C26H18F3N3O3S/c1-34-23-15-17(16-3-2-4-19(13-16)26(27,28)29)5-8-22(23)32-21-9-7-20(14-18(21)6-10-25(32)33)36-31-24-11-12-35-30-24/h2-15H,1H3,(H,30,31). The Morgan fingerprint density at radius 1 is 0.972 bits per heavy atom. The van der Waals surface area contributed by atoms with E-state index in [1.807, 2.05) is 18.2 Å². The van der Waals surface area contributed by atoms with Gasteiger partial charge in [0.2, 0.25) is 0 Å². The normalized spacial score (nSPS) is 11.6. The lowest BCUT2D eigenvalue weighted by Crippen LogP contribution is -2.18. The molecule has 3 aromatic carbocycles. The molecule has 0 fully saturated rings. The summed E-state index contributed by atoms with van der Waals surface area (Å²) in [6.07, 6.45) is -2.98. The molecule has 6 nitrogen and oxygen atoms in total.